The minimum absolute atomic E-state index is 0.0139. The van der Waals surface area contributed by atoms with Crippen LogP contribution in [-0.4, -0.2) is 18.0 Å². The number of esters is 1. The van der Waals surface area contributed by atoms with Gasteiger partial charge in [0.15, 0.2) is 6.10 Å². The van der Waals surface area contributed by atoms with Gasteiger partial charge in [-0.05, 0) is 43.2 Å². The highest BCUT2D eigenvalue weighted by Crippen LogP contribution is 2.23. The van der Waals surface area contributed by atoms with Crippen molar-refractivity contribution in [1.29, 1.82) is 5.26 Å². The number of hydrogen-bond donors (Lipinski definition) is 1. The van der Waals surface area contributed by atoms with E-state index in [2.05, 4.69) is 12.2 Å². The molecule has 1 atom stereocenters. The number of nitrogens with zero attached hydrogens (tertiary/aromatic N) is 1. The van der Waals surface area contributed by atoms with Crippen LogP contribution in [0.3, 0.4) is 0 Å². The minimum Gasteiger partial charge on any atom is -0.464 e. The highest BCUT2D eigenvalue weighted by Gasteiger charge is 2.19. The van der Waals surface area contributed by atoms with Gasteiger partial charge in [-0.3, -0.25) is 9.59 Å². The maximum absolute atomic E-state index is 12.3. The normalized spacial score (nSPS) is 11.6. The van der Waals surface area contributed by atoms with Crippen LogP contribution >= 0.6 is 0 Å². The van der Waals surface area contributed by atoms with E-state index in [0.29, 0.717) is 11.3 Å². The molecule has 1 amide bonds. The summed E-state index contributed by atoms with van der Waals surface area (Å²) in [7, 11) is 0. The summed E-state index contributed by atoms with van der Waals surface area (Å²) in [5, 5.41) is 12.4. The predicted molar refractivity (Wildman–Crippen MR) is 105 cm³/mol. The van der Waals surface area contributed by atoms with Gasteiger partial charge in [-0.2, -0.15) is 5.26 Å². The molecule has 0 fully saturated rings. The molecule has 1 aromatic heterocycles. The van der Waals surface area contributed by atoms with Crippen LogP contribution < -0.4 is 5.32 Å². The summed E-state index contributed by atoms with van der Waals surface area (Å²) in [6.45, 7) is 3.56. The van der Waals surface area contributed by atoms with E-state index in [9.17, 15) is 9.59 Å². The van der Waals surface area contributed by atoms with E-state index in [1.807, 2.05) is 24.3 Å². The molecule has 0 spiro atoms. The third kappa shape index (κ3) is 4.38. The van der Waals surface area contributed by atoms with Crippen LogP contribution in [0.2, 0.25) is 0 Å². The maximum Gasteiger partial charge on any atom is 0.311 e. The third-order valence-corrected chi connectivity index (χ3v) is 4.40. The fourth-order valence-corrected chi connectivity index (χ4v) is 2.84. The number of amides is 1. The van der Waals surface area contributed by atoms with Gasteiger partial charge in [-0.15, -0.1) is 0 Å². The second-order valence-corrected chi connectivity index (χ2v) is 6.44. The van der Waals surface area contributed by atoms with Gasteiger partial charge in [0, 0.05) is 16.6 Å². The Labute approximate surface area is 162 Å². The second-order valence-electron chi connectivity index (χ2n) is 6.44. The van der Waals surface area contributed by atoms with Gasteiger partial charge in [0.2, 0.25) is 0 Å². The molecule has 0 aliphatic carbocycles. The monoisotopic (exact) mass is 376 g/mol. The summed E-state index contributed by atoms with van der Waals surface area (Å²) >= 11 is 0. The topological polar surface area (TPSA) is 92.3 Å². The first-order valence-corrected chi connectivity index (χ1v) is 8.99. The Morgan fingerprint density at radius 3 is 2.82 bits per heavy atom. The smallest absolute Gasteiger partial charge is 0.311 e. The van der Waals surface area contributed by atoms with Crippen LogP contribution in [-0.2, 0) is 27.2 Å². The summed E-state index contributed by atoms with van der Waals surface area (Å²) < 4.78 is 10.8. The first kappa shape index (κ1) is 19.2. The number of nitriles is 1. The molecule has 1 heterocycles. The average Bonchev–Trinajstić information content (AvgIpc) is 3.09. The molecular formula is C22H20N2O4. The first-order valence-electron chi connectivity index (χ1n) is 8.99. The Hall–Kier alpha value is -3.59. The molecule has 0 saturated heterocycles. The van der Waals surface area contributed by atoms with Crippen molar-refractivity contribution >= 4 is 28.5 Å². The number of anilines is 1. The Balaban J connectivity index is 1.61. The van der Waals surface area contributed by atoms with E-state index >= 15 is 0 Å². The zero-order chi connectivity index (χ0) is 20.1. The van der Waals surface area contributed by atoms with Crippen molar-refractivity contribution in [3.8, 4) is 6.07 Å². The van der Waals surface area contributed by atoms with Crippen molar-refractivity contribution < 1.29 is 18.7 Å². The Kier molecular flexibility index (Phi) is 5.75. The lowest BCUT2D eigenvalue weighted by atomic mass is 10.1. The number of furan rings is 1. The number of benzene rings is 2. The van der Waals surface area contributed by atoms with Gasteiger partial charge >= 0.3 is 5.97 Å². The van der Waals surface area contributed by atoms with Crippen molar-refractivity contribution in [3.63, 3.8) is 0 Å². The fourth-order valence-electron chi connectivity index (χ4n) is 2.84. The molecule has 0 radical (unpaired) electrons. The van der Waals surface area contributed by atoms with Crippen LogP contribution in [0.1, 0.15) is 30.5 Å². The largest absolute Gasteiger partial charge is 0.464 e. The van der Waals surface area contributed by atoms with E-state index < -0.39 is 18.0 Å². The summed E-state index contributed by atoms with van der Waals surface area (Å²) in [5.41, 5.74) is 3.50. The Morgan fingerprint density at radius 1 is 1.25 bits per heavy atom. The van der Waals surface area contributed by atoms with Crippen molar-refractivity contribution in [2.75, 3.05) is 5.32 Å². The molecule has 6 heteroatoms. The zero-order valence-corrected chi connectivity index (χ0v) is 15.7. The predicted octanol–water partition coefficient (Wildman–Crippen LogP) is 3.98. The SMILES string of the molecule is CCc1ccc2c(CC(=O)O[C@H](C)C(=O)Nc3cccc(C#N)c3)coc2c1. The number of nitrogens with one attached hydrogen (secondary N) is 1. The van der Waals surface area contributed by atoms with Gasteiger partial charge in [-0.25, -0.2) is 0 Å². The number of hydrogen-bond acceptors (Lipinski definition) is 5. The molecule has 2 aromatic carbocycles. The van der Waals surface area contributed by atoms with Crippen molar-refractivity contribution in [1.82, 2.24) is 0 Å². The van der Waals surface area contributed by atoms with E-state index in [1.54, 1.807) is 30.5 Å². The molecule has 3 aromatic rings. The molecular weight excluding hydrogens is 356 g/mol. The summed E-state index contributed by atoms with van der Waals surface area (Å²) in [5.74, 6) is -0.983. The quantitative estimate of drug-likeness (QED) is 0.657. The highest BCUT2D eigenvalue weighted by atomic mass is 16.5. The van der Waals surface area contributed by atoms with Crippen molar-refractivity contribution in [2.45, 2.75) is 32.8 Å². The molecule has 0 saturated carbocycles. The van der Waals surface area contributed by atoms with Gasteiger partial charge in [-0.1, -0.05) is 25.1 Å². The van der Waals surface area contributed by atoms with Crippen LogP contribution in [0.15, 0.2) is 53.1 Å². The minimum atomic E-state index is -0.969. The number of rotatable bonds is 6. The Bertz CT molecular complexity index is 1060. The molecule has 0 aliphatic rings. The standard InChI is InChI=1S/C22H20N2O4/c1-3-15-7-8-19-17(13-27-20(19)10-15)11-21(25)28-14(2)22(26)24-18-6-4-5-16(9-18)12-23/h4-10,13-14H,3,11H2,1-2H3,(H,24,26)/t14-/m1/s1. The molecule has 1 N–H and O–H groups in total. The summed E-state index contributed by atoms with van der Waals surface area (Å²) in [6, 6.07) is 14.4. The molecule has 28 heavy (non-hydrogen) atoms. The molecule has 142 valence electrons. The lowest BCUT2D eigenvalue weighted by Gasteiger charge is -2.13. The number of aryl methyl sites for hydroxylation is 1. The molecule has 3 rings (SSSR count). The average molecular weight is 376 g/mol. The van der Waals surface area contributed by atoms with Crippen LogP contribution in [0.5, 0.6) is 0 Å². The van der Waals surface area contributed by atoms with Gasteiger partial charge < -0.3 is 14.5 Å². The maximum atomic E-state index is 12.3. The van der Waals surface area contributed by atoms with Gasteiger partial charge in [0.1, 0.15) is 5.58 Å². The first-order chi connectivity index (χ1) is 13.5. The number of carbonyl (C=O) groups is 2. The number of ether oxygens (including phenoxy) is 1. The van der Waals surface area contributed by atoms with Gasteiger partial charge in [0.05, 0.1) is 24.3 Å². The fraction of sp³-hybridized carbons (Fsp3) is 0.227. The van der Waals surface area contributed by atoms with E-state index in [4.69, 9.17) is 14.4 Å². The summed E-state index contributed by atoms with van der Waals surface area (Å²) in [6.07, 6.45) is 1.49. The van der Waals surface area contributed by atoms with Crippen LogP contribution in [0, 0.1) is 11.3 Å². The number of carbonyl (C=O) groups excluding carboxylic acids is 2. The summed E-state index contributed by atoms with van der Waals surface area (Å²) in [4.78, 5) is 24.5. The van der Waals surface area contributed by atoms with E-state index in [1.165, 1.54) is 6.92 Å². The third-order valence-electron chi connectivity index (χ3n) is 4.40. The molecule has 0 unspecified atom stereocenters. The van der Waals surface area contributed by atoms with Crippen LogP contribution in [0.25, 0.3) is 11.0 Å². The zero-order valence-electron chi connectivity index (χ0n) is 15.7. The molecule has 0 bridgehead atoms. The van der Waals surface area contributed by atoms with Crippen molar-refractivity contribution in [3.05, 3.63) is 65.4 Å². The lowest BCUT2D eigenvalue weighted by Crippen LogP contribution is -2.30. The second kappa shape index (κ2) is 8.40. The molecule has 0 aliphatic heterocycles. The molecule has 6 nitrogen and oxygen atoms in total. The van der Waals surface area contributed by atoms with Crippen molar-refractivity contribution in [2.24, 2.45) is 0 Å². The van der Waals surface area contributed by atoms with Gasteiger partial charge in [0.25, 0.3) is 5.91 Å². The highest BCUT2D eigenvalue weighted by molar-refractivity contribution is 5.95. The van der Waals surface area contributed by atoms with E-state index in [-0.39, 0.29) is 6.42 Å². The lowest BCUT2D eigenvalue weighted by molar-refractivity contribution is -0.152. The number of fused-ring (bicyclic) bond motifs is 1. The van der Waals surface area contributed by atoms with Crippen LogP contribution in [0.4, 0.5) is 5.69 Å². The van der Waals surface area contributed by atoms with E-state index in [0.717, 1.165) is 28.5 Å². The Morgan fingerprint density at radius 2 is 2.07 bits per heavy atom.